The molecule has 2 unspecified atom stereocenters. The Bertz CT molecular complexity index is 310. The molecule has 1 aliphatic heterocycles. The van der Waals surface area contributed by atoms with E-state index in [1.165, 1.54) is 11.3 Å². The molecular formula is C10H13NO2S. The standard InChI is InChI=1S/C10H13NO2S/c11-6-7-3-4-8(13-7)10(12)9-2-1-5-14-9/h1-2,5,7-8H,3-4,6,11H2. The van der Waals surface area contributed by atoms with Gasteiger partial charge in [-0.05, 0) is 24.3 Å². The third kappa shape index (κ3) is 1.87. The number of ether oxygens (including phenoxy) is 1. The molecule has 2 atom stereocenters. The van der Waals surface area contributed by atoms with Crippen molar-refractivity contribution in [2.45, 2.75) is 25.0 Å². The third-order valence-corrected chi connectivity index (χ3v) is 3.31. The van der Waals surface area contributed by atoms with Crippen molar-refractivity contribution in [2.24, 2.45) is 5.73 Å². The van der Waals surface area contributed by atoms with E-state index in [-0.39, 0.29) is 18.0 Å². The zero-order chi connectivity index (χ0) is 9.97. The fourth-order valence-corrected chi connectivity index (χ4v) is 2.36. The summed E-state index contributed by atoms with van der Waals surface area (Å²) in [5, 5.41) is 1.91. The van der Waals surface area contributed by atoms with E-state index in [0.29, 0.717) is 6.54 Å². The molecule has 0 amide bonds. The Balaban J connectivity index is 2.00. The molecule has 3 nitrogen and oxygen atoms in total. The molecule has 0 aliphatic carbocycles. The Morgan fingerprint density at radius 1 is 1.64 bits per heavy atom. The molecule has 0 bridgehead atoms. The molecule has 0 aromatic carbocycles. The van der Waals surface area contributed by atoms with Crippen molar-refractivity contribution in [3.63, 3.8) is 0 Å². The van der Waals surface area contributed by atoms with Crippen molar-refractivity contribution in [3.8, 4) is 0 Å². The van der Waals surface area contributed by atoms with Crippen LogP contribution in [0.1, 0.15) is 22.5 Å². The van der Waals surface area contributed by atoms with Gasteiger partial charge in [0, 0.05) is 6.54 Å². The van der Waals surface area contributed by atoms with E-state index < -0.39 is 0 Å². The summed E-state index contributed by atoms with van der Waals surface area (Å²) < 4.78 is 5.53. The quantitative estimate of drug-likeness (QED) is 0.770. The molecule has 1 aromatic heterocycles. The molecule has 1 fully saturated rings. The lowest BCUT2D eigenvalue weighted by Gasteiger charge is -2.09. The van der Waals surface area contributed by atoms with Gasteiger partial charge in [0.1, 0.15) is 6.10 Å². The van der Waals surface area contributed by atoms with Gasteiger partial charge in [0.05, 0.1) is 11.0 Å². The Hall–Kier alpha value is -0.710. The second kappa shape index (κ2) is 4.21. The predicted octanol–water partition coefficient (Wildman–Crippen LogP) is 1.44. The van der Waals surface area contributed by atoms with Crippen molar-refractivity contribution >= 4 is 17.1 Å². The molecule has 14 heavy (non-hydrogen) atoms. The van der Waals surface area contributed by atoms with Crippen molar-refractivity contribution in [1.82, 2.24) is 0 Å². The average Bonchev–Trinajstić information content (AvgIpc) is 2.88. The zero-order valence-electron chi connectivity index (χ0n) is 7.81. The first kappa shape index (κ1) is 9.83. The molecule has 2 rings (SSSR count). The summed E-state index contributed by atoms with van der Waals surface area (Å²) in [5.41, 5.74) is 5.48. The number of carbonyl (C=O) groups excluding carboxylic acids is 1. The van der Waals surface area contributed by atoms with Crippen LogP contribution in [0.2, 0.25) is 0 Å². The van der Waals surface area contributed by atoms with Crippen LogP contribution < -0.4 is 5.73 Å². The number of hydrogen-bond acceptors (Lipinski definition) is 4. The van der Waals surface area contributed by atoms with Gasteiger partial charge in [-0.25, -0.2) is 0 Å². The lowest BCUT2D eigenvalue weighted by molar-refractivity contribution is 0.0407. The van der Waals surface area contributed by atoms with E-state index in [1.54, 1.807) is 0 Å². The summed E-state index contributed by atoms with van der Waals surface area (Å²) in [6.07, 6.45) is 1.52. The summed E-state index contributed by atoms with van der Waals surface area (Å²) >= 11 is 1.47. The van der Waals surface area contributed by atoms with E-state index in [1.807, 2.05) is 17.5 Å². The van der Waals surface area contributed by atoms with Crippen LogP contribution in [0.4, 0.5) is 0 Å². The second-order valence-corrected chi connectivity index (χ2v) is 4.35. The number of rotatable bonds is 3. The van der Waals surface area contributed by atoms with Gasteiger partial charge in [0.2, 0.25) is 5.78 Å². The molecule has 2 heterocycles. The maximum atomic E-state index is 11.8. The maximum absolute atomic E-state index is 11.8. The highest BCUT2D eigenvalue weighted by Gasteiger charge is 2.30. The minimum absolute atomic E-state index is 0.0731. The number of nitrogens with two attached hydrogens (primary N) is 1. The summed E-state index contributed by atoms with van der Waals surface area (Å²) in [4.78, 5) is 12.6. The molecule has 4 heteroatoms. The maximum Gasteiger partial charge on any atom is 0.201 e. The van der Waals surface area contributed by atoms with Gasteiger partial charge in [0.25, 0.3) is 0 Å². The van der Waals surface area contributed by atoms with Crippen molar-refractivity contribution in [2.75, 3.05) is 6.54 Å². The Morgan fingerprint density at radius 2 is 2.50 bits per heavy atom. The molecule has 0 radical (unpaired) electrons. The number of carbonyl (C=O) groups is 1. The van der Waals surface area contributed by atoms with Crippen LogP contribution in [0, 0.1) is 0 Å². The molecule has 0 spiro atoms. The third-order valence-electron chi connectivity index (χ3n) is 2.43. The second-order valence-electron chi connectivity index (χ2n) is 3.40. The fraction of sp³-hybridized carbons (Fsp3) is 0.500. The topological polar surface area (TPSA) is 52.3 Å². The van der Waals surface area contributed by atoms with Gasteiger partial charge in [-0.2, -0.15) is 0 Å². The lowest BCUT2D eigenvalue weighted by Crippen LogP contribution is -2.24. The summed E-state index contributed by atoms with van der Waals surface area (Å²) in [7, 11) is 0. The Morgan fingerprint density at radius 3 is 3.07 bits per heavy atom. The predicted molar refractivity (Wildman–Crippen MR) is 55.6 cm³/mol. The average molecular weight is 211 g/mol. The highest BCUT2D eigenvalue weighted by atomic mass is 32.1. The molecule has 1 aliphatic rings. The van der Waals surface area contributed by atoms with Gasteiger partial charge < -0.3 is 10.5 Å². The highest BCUT2D eigenvalue weighted by molar-refractivity contribution is 7.12. The SMILES string of the molecule is NCC1CCC(C(=O)c2cccs2)O1. The molecule has 2 N–H and O–H groups in total. The van der Waals surface area contributed by atoms with Crippen LogP contribution in [0.15, 0.2) is 17.5 Å². The molecule has 76 valence electrons. The number of Topliss-reactive ketones (excluding diaryl/α,β-unsaturated/α-hetero) is 1. The van der Waals surface area contributed by atoms with Gasteiger partial charge in [0.15, 0.2) is 0 Å². The van der Waals surface area contributed by atoms with Gasteiger partial charge in [-0.3, -0.25) is 4.79 Å². The molecule has 1 aromatic rings. The van der Waals surface area contributed by atoms with E-state index >= 15 is 0 Å². The largest absolute Gasteiger partial charge is 0.365 e. The van der Waals surface area contributed by atoms with Crippen LogP contribution >= 0.6 is 11.3 Å². The van der Waals surface area contributed by atoms with Crippen LogP contribution in [0.3, 0.4) is 0 Å². The Labute approximate surface area is 86.9 Å². The highest BCUT2D eigenvalue weighted by Crippen LogP contribution is 2.23. The molecule has 0 saturated carbocycles. The number of ketones is 1. The first-order valence-electron chi connectivity index (χ1n) is 4.74. The van der Waals surface area contributed by atoms with Crippen molar-refractivity contribution < 1.29 is 9.53 Å². The molecule has 1 saturated heterocycles. The first-order valence-corrected chi connectivity index (χ1v) is 5.62. The van der Waals surface area contributed by atoms with E-state index in [2.05, 4.69) is 0 Å². The monoisotopic (exact) mass is 211 g/mol. The van der Waals surface area contributed by atoms with Crippen LogP contribution in [0.25, 0.3) is 0 Å². The van der Waals surface area contributed by atoms with Crippen LogP contribution in [0.5, 0.6) is 0 Å². The minimum atomic E-state index is -0.262. The van der Waals surface area contributed by atoms with Crippen molar-refractivity contribution in [1.29, 1.82) is 0 Å². The normalized spacial score (nSPS) is 26.6. The van der Waals surface area contributed by atoms with Gasteiger partial charge in [-0.15, -0.1) is 11.3 Å². The smallest absolute Gasteiger partial charge is 0.201 e. The summed E-state index contributed by atoms with van der Waals surface area (Å²) in [5.74, 6) is 0.107. The van der Waals surface area contributed by atoms with Crippen molar-refractivity contribution in [3.05, 3.63) is 22.4 Å². The van der Waals surface area contributed by atoms with E-state index in [4.69, 9.17) is 10.5 Å². The van der Waals surface area contributed by atoms with Gasteiger partial charge in [-0.1, -0.05) is 6.07 Å². The minimum Gasteiger partial charge on any atom is -0.365 e. The number of hydrogen-bond donors (Lipinski definition) is 1. The summed E-state index contributed by atoms with van der Waals surface area (Å²) in [6.45, 7) is 0.508. The number of thiophene rings is 1. The zero-order valence-corrected chi connectivity index (χ0v) is 8.63. The summed E-state index contributed by atoms with van der Waals surface area (Å²) in [6, 6.07) is 3.72. The lowest BCUT2D eigenvalue weighted by atomic mass is 10.1. The van der Waals surface area contributed by atoms with Crippen LogP contribution in [-0.4, -0.2) is 24.5 Å². The first-order chi connectivity index (χ1) is 6.81. The Kier molecular flexibility index (Phi) is 2.96. The van der Waals surface area contributed by atoms with Crippen LogP contribution in [-0.2, 0) is 4.74 Å². The van der Waals surface area contributed by atoms with E-state index in [0.717, 1.165) is 17.7 Å². The van der Waals surface area contributed by atoms with Gasteiger partial charge >= 0.3 is 0 Å². The fourth-order valence-electron chi connectivity index (χ4n) is 1.65. The van der Waals surface area contributed by atoms with E-state index in [9.17, 15) is 4.79 Å². The molecular weight excluding hydrogens is 198 g/mol.